The second kappa shape index (κ2) is 7.22. The van der Waals surface area contributed by atoms with E-state index >= 15 is 0 Å². The molecule has 0 bridgehead atoms. The minimum atomic E-state index is -0.473. The van der Waals surface area contributed by atoms with E-state index < -0.39 is 6.10 Å². The van der Waals surface area contributed by atoms with Crippen LogP contribution in [0.4, 0.5) is 0 Å². The van der Waals surface area contributed by atoms with Gasteiger partial charge in [0.25, 0.3) is 0 Å². The maximum absolute atomic E-state index is 11.9. The zero-order valence-corrected chi connectivity index (χ0v) is 12.3. The van der Waals surface area contributed by atoms with Gasteiger partial charge in [0.05, 0.1) is 12.6 Å². The summed E-state index contributed by atoms with van der Waals surface area (Å²) in [4.78, 5) is 24.5. The number of nitrogens with zero attached hydrogens (tertiary/aromatic N) is 1. The fourth-order valence-electron chi connectivity index (χ4n) is 2.70. The van der Waals surface area contributed by atoms with Crippen molar-refractivity contribution in [1.82, 2.24) is 10.2 Å². The first-order valence-corrected chi connectivity index (χ1v) is 7.33. The van der Waals surface area contributed by atoms with Gasteiger partial charge in [-0.1, -0.05) is 30.3 Å². The van der Waals surface area contributed by atoms with Crippen molar-refractivity contribution < 1.29 is 14.7 Å². The van der Waals surface area contributed by atoms with Crippen LogP contribution in [0.5, 0.6) is 0 Å². The second-order valence-corrected chi connectivity index (χ2v) is 5.48. The van der Waals surface area contributed by atoms with Gasteiger partial charge in [-0.2, -0.15) is 0 Å². The molecule has 1 unspecified atom stereocenters. The van der Waals surface area contributed by atoms with Crippen LogP contribution in [0.3, 0.4) is 0 Å². The Hall–Kier alpha value is -1.88. The maximum Gasteiger partial charge on any atom is 0.241 e. The molecule has 21 heavy (non-hydrogen) atoms. The average molecular weight is 290 g/mol. The van der Waals surface area contributed by atoms with E-state index in [0.29, 0.717) is 13.1 Å². The van der Waals surface area contributed by atoms with Gasteiger partial charge < -0.3 is 15.3 Å². The first kappa shape index (κ1) is 15.5. The Morgan fingerprint density at radius 2 is 1.90 bits per heavy atom. The second-order valence-electron chi connectivity index (χ2n) is 5.48. The number of aliphatic hydroxyl groups is 1. The van der Waals surface area contributed by atoms with Gasteiger partial charge in [-0.3, -0.25) is 9.59 Å². The highest BCUT2D eigenvalue weighted by Gasteiger charge is 2.28. The van der Waals surface area contributed by atoms with Gasteiger partial charge >= 0.3 is 0 Å². The van der Waals surface area contributed by atoms with Crippen LogP contribution in [-0.2, 0) is 9.59 Å². The molecular formula is C16H22N2O3. The van der Waals surface area contributed by atoms with Crippen LogP contribution < -0.4 is 5.32 Å². The summed E-state index contributed by atoms with van der Waals surface area (Å²) >= 11 is 0. The number of nitrogens with one attached hydrogen (secondary N) is 1. The van der Waals surface area contributed by atoms with Crippen molar-refractivity contribution in [2.45, 2.75) is 25.9 Å². The van der Waals surface area contributed by atoms with Crippen molar-refractivity contribution >= 4 is 11.8 Å². The molecule has 1 aliphatic rings. The monoisotopic (exact) mass is 290 g/mol. The molecule has 2 rings (SSSR count). The number of likely N-dealkylation sites (tertiary alicyclic amines) is 1. The molecule has 114 valence electrons. The van der Waals surface area contributed by atoms with Crippen molar-refractivity contribution in [1.29, 1.82) is 0 Å². The zero-order valence-electron chi connectivity index (χ0n) is 12.3. The Labute approximate surface area is 125 Å². The fourth-order valence-corrected chi connectivity index (χ4v) is 2.70. The van der Waals surface area contributed by atoms with Crippen molar-refractivity contribution in [3.8, 4) is 0 Å². The summed E-state index contributed by atoms with van der Waals surface area (Å²) < 4.78 is 0. The predicted octanol–water partition coefficient (Wildman–Crippen LogP) is 1.09. The molecule has 1 aromatic carbocycles. The van der Waals surface area contributed by atoms with Gasteiger partial charge in [-0.25, -0.2) is 0 Å². The summed E-state index contributed by atoms with van der Waals surface area (Å²) in [6, 6.07) is 9.63. The molecule has 5 nitrogen and oxygen atoms in total. The van der Waals surface area contributed by atoms with E-state index in [2.05, 4.69) is 5.32 Å². The van der Waals surface area contributed by atoms with E-state index in [4.69, 9.17) is 0 Å². The first-order chi connectivity index (χ1) is 10.1. The number of hydrogen-bond donors (Lipinski definition) is 2. The normalized spacial score (nSPS) is 17.3. The van der Waals surface area contributed by atoms with Crippen LogP contribution in [0, 0.1) is 5.92 Å². The summed E-state index contributed by atoms with van der Waals surface area (Å²) in [5.74, 6) is -0.0761. The third kappa shape index (κ3) is 4.29. The lowest BCUT2D eigenvalue weighted by Crippen LogP contribution is -2.44. The molecule has 0 spiro atoms. The highest BCUT2D eigenvalue weighted by atomic mass is 16.3. The molecule has 1 aromatic rings. The molecule has 0 saturated carbocycles. The number of carbonyl (C=O) groups is 2. The number of piperidine rings is 1. The minimum Gasteiger partial charge on any atom is -0.388 e. The van der Waals surface area contributed by atoms with Crippen molar-refractivity contribution in [3.63, 3.8) is 0 Å². The third-order valence-electron chi connectivity index (χ3n) is 3.97. The standard InChI is InChI=1S/C16H22N2O3/c1-12(19)17-11-15(20)18-9-7-14(8-10-18)16(21)13-5-3-2-4-6-13/h2-6,14,16,21H,7-11H2,1H3,(H,17,19). The van der Waals surface area contributed by atoms with Crippen molar-refractivity contribution in [2.75, 3.05) is 19.6 Å². The Morgan fingerprint density at radius 1 is 1.29 bits per heavy atom. The molecule has 1 atom stereocenters. The number of hydrogen-bond acceptors (Lipinski definition) is 3. The van der Waals surface area contributed by atoms with Crippen molar-refractivity contribution in [3.05, 3.63) is 35.9 Å². The molecule has 0 radical (unpaired) electrons. The van der Waals surface area contributed by atoms with E-state index in [1.165, 1.54) is 6.92 Å². The third-order valence-corrected chi connectivity index (χ3v) is 3.97. The summed E-state index contributed by atoms with van der Waals surface area (Å²) in [5.41, 5.74) is 0.931. The number of benzene rings is 1. The average Bonchev–Trinajstić information content (AvgIpc) is 2.53. The smallest absolute Gasteiger partial charge is 0.241 e. The van der Waals surface area contributed by atoms with Crippen LogP contribution in [0.2, 0.25) is 0 Å². The highest BCUT2D eigenvalue weighted by molar-refractivity contribution is 5.83. The van der Waals surface area contributed by atoms with E-state index in [-0.39, 0.29) is 24.3 Å². The Bertz CT molecular complexity index is 482. The number of carbonyl (C=O) groups excluding carboxylic acids is 2. The number of rotatable bonds is 4. The van der Waals surface area contributed by atoms with E-state index in [1.54, 1.807) is 4.90 Å². The lowest BCUT2D eigenvalue weighted by Gasteiger charge is -2.34. The largest absolute Gasteiger partial charge is 0.388 e. The van der Waals surface area contributed by atoms with Gasteiger partial charge in [0.1, 0.15) is 0 Å². The lowest BCUT2D eigenvalue weighted by atomic mass is 9.87. The molecule has 1 fully saturated rings. The summed E-state index contributed by atoms with van der Waals surface area (Å²) in [7, 11) is 0. The zero-order chi connectivity index (χ0) is 15.2. The molecule has 0 aliphatic carbocycles. The Morgan fingerprint density at radius 3 is 2.48 bits per heavy atom. The topological polar surface area (TPSA) is 69.6 Å². The molecule has 0 aromatic heterocycles. The molecule has 2 amide bonds. The van der Waals surface area contributed by atoms with Crippen LogP contribution in [0.25, 0.3) is 0 Å². The van der Waals surface area contributed by atoms with Gasteiger partial charge in [-0.15, -0.1) is 0 Å². The van der Waals surface area contributed by atoms with Gasteiger partial charge in [0, 0.05) is 20.0 Å². The Balaban J connectivity index is 1.83. The molecule has 1 saturated heterocycles. The van der Waals surface area contributed by atoms with E-state index in [0.717, 1.165) is 18.4 Å². The fraction of sp³-hybridized carbons (Fsp3) is 0.500. The predicted molar refractivity (Wildman–Crippen MR) is 79.4 cm³/mol. The lowest BCUT2D eigenvalue weighted by molar-refractivity contribution is -0.134. The van der Waals surface area contributed by atoms with E-state index in [9.17, 15) is 14.7 Å². The number of aliphatic hydroxyl groups excluding tert-OH is 1. The summed E-state index contributed by atoms with van der Waals surface area (Å²) in [5, 5.41) is 12.9. The van der Waals surface area contributed by atoms with Gasteiger partial charge in [0.15, 0.2) is 0 Å². The maximum atomic E-state index is 11.9. The molecule has 5 heteroatoms. The van der Waals surface area contributed by atoms with Crippen LogP contribution in [0.1, 0.15) is 31.4 Å². The van der Waals surface area contributed by atoms with E-state index in [1.807, 2.05) is 30.3 Å². The number of amides is 2. The van der Waals surface area contributed by atoms with Crippen molar-refractivity contribution in [2.24, 2.45) is 5.92 Å². The molecule has 1 aliphatic heterocycles. The quantitative estimate of drug-likeness (QED) is 0.872. The van der Waals surface area contributed by atoms with Gasteiger partial charge in [0.2, 0.25) is 11.8 Å². The minimum absolute atomic E-state index is 0.0568. The van der Waals surface area contributed by atoms with Gasteiger partial charge in [-0.05, 0) is 24.3 Å². The molecule has 2 N–H and O–H groups in total. The highest BCUT2D eigenvalue weighted by Crippen LogP contribution is 2.30. The first-order valence-electron chi connectivity index (χ1n) is 7.33. The molecule has 1 heterocycles. The van der Waals surface area contributed by atoms with Crippen LogP contribution in [-0.4, -0.2) is 41.5 Å². The van der Waals surface area contributed by atoms with Crippen LogP contribution >= 0.6 is 0 Å². The summed E-state index contributed by atoms with van der Waals surface area (Å²) in [6.45, 7) is 2.72. The SMILES string of the molecule is CC(=O)NCC(=O)N1CCC(C(O)c2ccccc2)CC1. The summed E-state index contributed by atoms with van der Waals surface area (Å²) in [6.07, 6.45) is 1.09. The Kier molecular flexibility index (Phi) is 5.33. The molecular weight excluding hydrogens is 268 g/mol. The van der Waals surface area contributed by atoms with Crippen LogP contribution in [0.15, 0.2) is 30.3 Å².